The minimum Gasteiger partial charge on any atom is -0.456 e. The number of benzene rings is 9. The van der Waals surface area contributed by atoms with Crippen LogP contribution < -0.4 is 4.90 Å². The van der Waals surface area contributed by atoms with Gasteiger partial charge in [0.15, 0.2) is 0 Å². The first kappa shape index (κ1) is 29.6. The SMILES string of the molecule is c1cc(-c2cccc3oc4ccccc4c23)cc(N(c2cccc(-n3c4ccccc4c4ccccc43)c2)c2cccc3ccc4ccccc4c23)c1. The van der Waals surface area contributed by atoms with Crippen LogP contribution in [0, 0.1) is 0 Å². The summed E-state index contributed by atoms with van der Waals surface area (Å²) < 4.78 is 8.71. The molecule has 0 aliphatic heterocycles. The topological polar surface area (TPSA) is 21.3 Å². The van der Waals surface area contributed by atoms with E-state index in [1.165, 1.54) is 43.4 Å². The summed E-state index contributed by atoms with van der Waals surface area (Å²) in [5.74, 6) is 0. The standard InChI is InChI=1S/C50H32N2O/c1-2-19-39-33(13-1)29-30-34-14-10-26-46(49(34)39)51(36-16-9-15-35(31-36)40-23-12-28-48-50(40)43-22-5-8-27-47(43)53-48)37-17-11-18-38(32-37)52-44-24-6-3-20-41(44)42-21-4-7-25-45(42)52/h1-32H. The molecule has 248 valence electrons. The number of rotatable bonds is 5. The lowest BCUT2D eigenvalue weighted by atomic mass is 9.97. The predicted molar refractivity (Wildman–Crippen MR) is 223 cm³/mol. The molecule has 2 aromatic heterocycles. The third-order valence-corrected chi connectivity index (χ3v) is 10.7. The van der Waals surface area contributed by atoms with Crippen molar-refractivity contribution < 1.29 is 4.42 Å². The van der Waals surface area contributed by atoms with E-state index in [4.69, 9.17) is 4.42 Å². The molecule has 0 unspecified atom stereocenters. The Bertz CT molecular complexity index is 3150. The van der Waals surface area contributed by atoms with E-state index in [0.29, 0.717) is 0 Å². The Kier molecular flexibility index (Phi) is 6.55. The van der Waals surface area contributed by atoms with Crippen molar-refractivity contribution in [1.29, 1.82) is 0 Å². The van der Waals surface area contributed by atoms with Gasteiger partial charge in [0.05, 0.1) is 16.7 Å². The molecule has 0 radical (unpaired) electrons. The van der Waals surface area contributed by atoms with Gasteiger partial charge in [-0.25, -0.2) is 0 Å². The zero-order valence-corrected chi connectivity index (χ0v) is 28.8. The van der Waals surface area contributed by atoms with Crippen molar-refractivity contribution in [3.8, 4) is 16.8 Å². The van der Waals surface area contributed by atoms with E-state index >= 15 is 0 Å². The highest BCUT2D eigenvalue weighted by atomic mass is 16.3. The lowest BCUT2D eigenvalue weighted by molar-refractivity contribution is 0.669. The molecule has 11 aromatic rings. The van der Waals surface area contributed by atoms with E-state index in [1.807, 2.05) is 12.1 Å². The number of para-hydroxylation sites is 3. The van der Waals surface area contributed by atoms with Crippen molar-refractivity contribution in [3.63, 3.8) is 0 Å². The molecule has 9 aromatic carbocycles. The lowest BCUT2D eigenvalue weighted by Gasteiger charge is -2.28. The average Bonchev–Trinajstić information content (AvgIpc) is 3.77. The smallest absolute Gasteiger partial charge is 0.136 e. The van der Waals surface area contributed by atoms with Gasteiger partial charge in [-0.05, 0) is 87.9 Å². The number of aromatic nitrogens is 1. The Morgan fingerprint density at radius 2 is 1.00 bits per heavy atom. The van der Waals surface area contributed by atoms with Crippen LogP contribution in [0.2, 0.25) is 0 Å². The first-order valence-electron chi connectivity index (χ1n) is 18.1. The van der Waals surface area contributed by atoms with Crippen LogP contribution in [0.25, 0.3) is 82.1 Å². The van der Waals surface area contributed by atoms with E-state index < -0.39 is 0 Å². The molecule has 2 heterocycles. The molecule has 0 saturated carbocycles. The highest BCUT2D eigenvalue weighted by Gasteiger charge is 2.20. The molecular weight excluding hydrogens is 645 g/mol. The molecule has 0 atom stereocenters. The molecule has 3 nitrogen and oxygen atoms in total. The zero-order valence-electron chi connectivity index (χ0n) is 28.8. The van der Waals surface area contributed by atoms with Gasteiger partial charge < -0.3 is 13.9 Å². The Morgan fingerprint density at radius 3 is 1.83 bits per heavy atom. The molecular formula is C50H32N2O. The van der Waals surface area contributed by atoms with E-state index in [2.05, 4.69) is 191 Å². The second-order valence-corrected chi connectivity index (χ2v) is 13.7. The largest absolute Gasteiger partial charge is 0.456 e. The maximum Gasteiger partial charge on any atom is 0.136 e. The van der Waals surface area contributed by atoms with Gasteiger partial charge in [0, 0.05) is 44.0 Å². The fourth-order valence-corrected chi connectivity index (χ4v) is 8.45. The molecule has 0 N–H and O–H groups in total. The number of nitrogens with zero attached hydrogens (tertiary/aromatic N) is 2. The molecule has 0 spiro atoms. The Balaban J connectivity index is 1.18. The number of fused-ring (bicyclic) bond motifs is 9. The maximum absolute atomic E-state index is 6.32. The van der Waals surface area contributed by atoms with Crippen molar-refractivity contribution in [2.45, 2.75) is 0 Å². The minimum absolute atomic E-state index is 0.894. The predicted octanol–water partition coefficient (Wildman–Crippen LogP) is 14.1. The summed E-state index contributed by atoms with van der Waals surface area (Å²) in [7, 11) is 0. The van der Waals surface area contributed by atoms with Crippen molar-refractivity contribution in [3.05, 3.63) is 194 Å². The van der Waals surface area contributed by atoms with Gasteiger partial charge in [0.2, 0.25) is 0 Å². The van der Waals surface area contributed by atoms with E-state index in [9.17, 15) is 0 Å². The fraction of sp³-hybridized carbons (Fsp3) is 0. The summed E-state index contributed by atoms with van der Waals surface area (Å²) in [6.07, 6.45) is 0. The lowest BCUT2D eigenvalue weighted by Crippen LogP contribution is -2.11. The van der Waals surface area contributed by atoms with Crippen LogP contribution >= 0.6 is 0 Å². The van der Waals surface area contributed by atoms with Crippen LogP contribution in [-0.2, 0) is 0 Å². The van der Waals surface area contributed by atoms with Crippen molar-refractivity contribution in [2.75, 3.05) is 4.90 Å². The molecule has 0 amide bonds. The summed E-state index contributed by atoms with van der Waals surface area (Å²) >= 11 is 0. The molecule has 0 aliphatic carbocycles. The van der Waals surface area contributed by atoms with Crippen LogP contribution in [0.1, 0.15) is 0 Å². The monoisotopic (exact) mass is 676 g/mol. The van der Waals surface area contributed by atoms with Gasteiger partial charge in [-0.2, -0.15) is 0 Å². The Morgan fingerprint density at radius 1 is 0.396 bits per heavy atom. The highest BCUT2D eigenvalue weighted by molar-refractivity contribution is 6.16. The first-order valence-corrected chi connectivity index (χ1v) is 18.1. The second kappa shape index (κ2) is 11.7. The molecule has 3 heteroatoms. The van der Waals surface area contributed by atoms with Gasteiger partial charge >= 0.3 is 0 Å². The molecule has 53 heavy (non-hydrogen) atoms. The van der Waals surface area contributed by atoms with Crippen LogP contribution in [0.5, 0.6) is 0 Å². The normalized spacial score (nSPS) is 11.8. The van der Waals surface area contributed by atoms with Gasteiger partial charge in [0.1, 0.15) is 11.2 Å². The van der Waals surface area contributed by atoms with Gasteiger partial charge in [-0.15, -0.1) is 0 Å². The third kappa shape index (κ3) is 4.61. The molecule has 0 saturated heterocycles. The maximum atomic E-state index is 6.32. The van der Waals surface area contributed by atoms with Crippen LogP contribution in [0.15, 0.2) is 199 Å². The van der Waals surface area contributed by atoms with Crippen LogP contribution in [0.4, 0.5) is 17.1 Å². The molecule has 0 aliphatic rings. The summed E-state index contributed by atoms with van der Waals surface area (Å²) in [6.45, 7) is 0. The van der Waals surface area contributed by atoms with E-state index in [1.54, 1.807) is 0 Å². The highest BCUT2D eigenvalue weighted by Crippen LogP contribution is 2.45. The molecule has 11 rings (SSSR count). The van der Waals surface area contributed by atoms with E-state index in [-0.39, 0.29) is 0 Å². The number of hydrogen-bond acceptors (Lipinski definition) is 2. The number of hydrogen-bond donors (Lipinski definition) is 0. The van der Waals surface area contributed by atoms with Crippen molar-refractivity contribution in [2.24, 2.45) is 0 Å². The summed E-state index contributed by atoms with van der Waals surface area (Å²) in [6, 6.07) is 69.9. The number of furan rings is 1. The summed E-state index contributed by atoms with van der Waals surface area (Å²) in [5, 5.41) is 9.64. The molecule has 0 fully saturated rings. The number of anilines is 3. The average molecular weight is 677 g/mol. The second-order valence-electron chi connectivity index (χ2n) is 13.7. The molecule has 0 bridgehead atoms. The Labute approximate surface area is 306 Å². The van der Waals surface area contributed by atoms with Gasteiger partial charge in [0.25, 0.3) is 0 Å². The van der Waals surface area contributed by atoms with Gasteiger partial charge in [-0.1, -0.05) is 133 Å². The van der Waals surface area contributed by atoms with Crippen molar-refractivity contribution in [1.82, 2.24) is 4.57 Å². The minimum atomic E-state index is 0.894. The van der Waals surface area contributed by atoms with Gasteiger partial charge in [-0.3, -0.25) is 0 Å². The fourth-order valence-electron chi connectivity index (χ4n) is 8.45. The van der Waals surface area contributed by atoms with E-state index in [0.717, 1.165) is 55.8 Å². The summed E-state index contributed by atoms with van der Waals surface area (Å²) in [5.41, 5.74) is 10.9. The summed E-state index contributed by atoms with van der Waals surface area (Å²) in [4.78, 5) is 2.43. The van der Waals surface area contributed by atoms with Crippen LogP contribution in [0.3, 0.4) is 0 Å². The Hall–Kier alpha value is -7.10. The van der Waals surface area contributed by atoms with Crippen molar-refractivity contribution >= 4 is 82.4 Å². The quantitative estimate of drug-likeness (QED) is 0.169. The van der Waals surface area contributed by atoms with Crippen LogP contribution in [-0.4, -0.2) is 4.57 Å². The first-order chi connectivity index (χ1) is 26.3. The zero-order chi connectivity index (χ0) is 34.9. The third-order valence-electron chi connectivity index (χ3n) is 10.7.